The van der Waals surface area contributed by atoms with Gasteiger partial charge in [0, 0.05) is 36.3 Å². The van der Waals surface area contributed by atoms with Gasteiger partial charge in [0.25, 0.3) is 0 Å². The van der Waals surface area contributed by atoms with E-state index in [1.54, 1.807) is 6.07 Å². The first kappa shape index (κ1) is 15.3. The number of fused-ring (bicyclic) bond motifs is 1. The van der Waals surface area contributed by atoms with Crippen molar-refractivity contribution in [1.29, 1.82) is 0 Å². The molecule has 2 aromatic rings. The Labute approximate surface area is 130 Å². The van der Waals surface area contributed by atoms with Crippen molar-refractivity contribution in [3.05, 3.63) is 45.2 Å². The number of rotatable bonds is 4. The van der Waals surface area contributed by atoms with Gasteiger partial charge in [0.15, 0.2) is 5.43 Å². The zero-order chi connectivity index (χ0) is 15.7. The highest BCUT2D eigenvalue weighted by molar-refractivity contribution is 5.82. The maximum absolute atomic E-state index is 12.4. The Morgan fingerprint density at radius 1 is 1.32 bits per heavy atom. The summed E-state index contributed by atoms with van der Waals surface area (Å²) in [5.41, 5.74) is 4.24. The first-order valence-electron chi connectivity index (χ1n) is 8.06. The summed E-state index contributed by atoms with van der Waals surface area (Å²) in [6.07, 6.45) is 3.12. The van der Waals surface area contributed by atoms with Crippen LogP contribution in [0.3, 0.4) is 0 Å². The summed E-state index contributed by atoms with van der Waals surface area (Å²) in [6, 6.07) is 6.22. The van der Waals surface area contributed by atoms with Gasteiger partial charge in [0.05, 0.1) is 5.52 Å². The lowest BCUT2D eigenvalue weighted by Gasteiger charge is -2.23. The van der Waals surface area contributed by atoms with E-state index in [2.05, 4.69) is 16.0 Å². The van der Waals surface area contributed by atoms with Gasteiger partial charge in [-0.05, 0) is 56.8 Å². The molecule has 1 saturated heterocycles. The Bertz CT molecular complexity index is 736. The van der Waals surface area contributed by atoms with Gasteiger partial charge in [0.1, 0.15) is 0 Å². The molecule has 3 rings (SSSR count). The molecule has 0 amide bonds. The van der Waals surface area contributed by atoms with Crippen LogP contribution in [0.15, 0.2) is 23.0 Å². The van der Waals surface area contributed by atoms with Crippen LogP contribution in [-0.4, -0.2) is 34.2 Å². The minimum absolute atomic E-state index is 0.0912. The summed E-state index contributed by atoms with van der Waals surface area (Å²) in [6.45, 7) is 6.08. The molecule has 1 aliphatic heterocycles. The number of benzene rings is 1. The number of aliphatic hydroxyl groups excluding tert-OH is 1. The molecule has 0 bridgehead atoms. The molecule has 1 aliphatic rings. The van der Waals surface area contributed by atoms with E-state index in [0.717, 1.165) is 53.7 Å². The molecule has 1 aromatic carbocycles. The Balaban J connectivity index is 1.93. The second-order valence-corrected chi connectivity index (χ2v) is 6.44. The molecular formula is C18H24N2O2. The van der Waals surface area contributed by atoms with Gasteiger partial charge in [-0.1, -0.05) is 6.07 Å². The smallest absolute Gasteiger partial charge is 0.189 e. The Kier molecular flexibility index (Phi) is 4.32. The van der Waals surface area contributed by atoms with Crippen molar-refractivity contribution in [2.24, 2.45) is 0 Å². The molecule has 1 aromatic heterocycles. The molecule has 2 heterocycles. The van der Waals surface area contributed by atoms with E-state index in [9.17, 15) is 9.90 Å². The lowest BCUT2D eigenvalue weighted by atomic mass is 10.1. The van der Waals surface area contributed by atoms with Gasteiger partial charge < -0.3 is 10.1 Å². The van der Waals surface area contributed by atoms with Gasteiger partial charge in [-0.2, -0.15) is 0 Å². The molecule has 0 radical (unpaired) electrons. The van der Waals surface area contributed by atoms with Gasteiger partial charge in [-0.25, -0.2) is 0 Å². The highest BCUT2D eigenvalue weighted by Crippen LogP contribution is 2.22. The molecule has 2 N–H and O–H groups in total. The van der Waals surface area contributed by atoms with Crippen molar-refractivity contribution in [2.75, 3.05) is 13.2 Å². The summed E-state index contributed by atoms with van der Waals surface area (Å²) in [5.74, 6) is 0. The lowest BCUT2D eigenvalue weighted by molar-refractivity contribution is 0.188. The zero-order valence-corrected chi connectivity index (χ0v) is 13.4. The molecule has 1 fully saturated rings. The maximum Gasteiger partial charge on any atom is 0.189 e. The molecule has 0 spiro atoms. The average Bonchev–Trinajstić information content (AvgIpc) is 2.88. The Morgan fingerprint density at radius 3 is 2.91 bits per heavy atom. The number of aromatic amines is 1. The summed E-state index contributed by atoms with van der Waals surface area (Å²) in [5, 5.41) is 9.95. The van der Waals surface area contributed by atoms with Crippen LogP contribution in [-0.2, 0) is 6.54 Å². The number of aromatic nitrogens is 1. The van der Waals surface area contributed by atoms with E-state index in [4.69, 9.17) is 0 Å². The summed E-state index contributed by atoms with van der Waals surface area (Å²) in [7, 11) is 0. The highest BCUT2D eigenvalue weighted by atomic mass is 16.3. The fourth-order valence-corrected chi connectivity index (χ4v) is 3.64. The topological polar surface area (TPSA) is 56.3 Å². The highest BCUT2D eigenvalue weighted by Gasteiger charge is 2.24. The molecule has 0 aliphatic carbocycles. The largest absolute Gasteiger partial charge is 0.396 e. The summed E-state index contributed by atoms with van der Waals surface area (Å²) in [4.78, 5) is 18.2. The SMILES string of the molecule is Cc1cc(C)c2[nH]c(CN3CCC[C@@H]3CCO)cc(=O)c2c1. The normalized spacial score (nSPS) is 19.1. The standard InChI is InChI=1S/C18H24N2O2/c1-12-8-13(2)18-16(9-12)17(22)10-14(19-18)11-20-6-3-4-15(20)5-7-21/h8-10,15,21H,3-7,11H2,1-2H3,(H,19,22)/t15-/m1/s1. The minimum atomic E-state index is 0.0912. The van der Waals surface area contributed by atoms with Crippen LogP contribution >= 0.6 is 0 Å². The lowest BCUT2D eigenvalue weighted by Crippen LogP contribution is -2.30. The molecule has 4 heteroatoms. The molecule has 0 saturated carbocycles. The van der Waals surface area contributed by atoms with E-state index in [-0.39, 0.29) is 12.0 Å². The van der Waals surface area contributed by atoms with Gasteiger partial charge in [-0.3, -0.25) is 9.69 Å². The maximum atomic E-state index is 12.4. The molecule has 22 heavy (non-hydrogen) atoms. The van der Waals surface area contributed by atoms with Crippen molar-refractivity contribution in [2.45, 2.75) is 45.7 Å². The number of hydrogen-bond donors (Lipinski definition) is 2. The second kappa shape index (κ2) is 6.23. The monoisotopic (exact) mass is 300 g/mol. The quantitative estimate of drug-likeness (QED) is 0.912. The van der Waals surface area contributed by atoms with Crippen molar-refractivity contribution in [1.82, 2.24) is 9.88 Å². The van der Waals surface area contributed by atoms with Gasteiger partial charge in [0.2, 0.25) is 0 Å². The first-order chi connectivity index (χ1) is 10.6. The van der Waals surface area contributed by atoms with Crippen molar-refractivity contribution in [3.63, 3.8) is 0 Å². The molecule has 1 atom stereocenters. The predicted octanol–water partition coefficient (Wildman–Crippen LogP) is 2.49. The van der Waals surface area contributed by atoms with E-state index < -0.39 is 0 Å². The third-order valence-corrected chi connectivity index (χ3v) is 4.67. The number of pyridine rings is 1. The number of aryl methyl sites for hydroxylation is 2. The molecule has 4 nitrogen and oxygen atoms in total. The van der Waals surface area contributed by atoms with Crippen LogP contribution in [0.5, 0.6) is 0 Å². The van der Waals surface area contributed by atoms with Crippen molar-refractivity contribution < 1.29 is 5.11 Å². The number of nitrogens with one attached hydrogen (secondary N) is 1. The van der Waals surface area contributed by atoms with Crippen LogP contribution in [0.2, 0.25) is 0 Å². The van der Waals surface area contributed by atoms with E-state index >= 15 is 0 Å². The summed E-state index contributed by atoms with van der Waals surface area (Å²) >= 11 is 0. The second-order valence-electron chi connectivity index (χ2n) is 6.44. The van der Waals surface area contributed by atoms with Crippen LogP contribution in [0.1, 0.15) is 36.1 Å². The van der Waals surface area contributed by atoms with Crippen LogP contribution in [0.4, 0.5) is 0 Å². The van der Waals surface area contributed by atoms with Gasteiger partial charge in [-0.15, -0.1) is 0 Å². The van der Waals surface area contributed by atoms with E-state index in [0.29, 0.717) is 6.04 Å². The number of hydrogen-bond acceptors (Lipinski definition) is 3. The zero-order valence-electron chi connectivity index (χ0n) is 13.4. The van der Waals surface area contributed by atoms with Gasteiger partial charge >= 0.3 is 0 Å². The first-order valence-corrected chi connectivity index (χ1v) is 8.06. The third kappa shape index (κ3) is 2.94. The van der Waals surface area contributed by atoms with Crippen LogP contribution in [0.25, 0.3) is 10.9 Å². The summed E-state index contributed by atoms with van der Waals surface area (Å²) < 4.78 is 0. The average molecular weight is 300 g/mol. The fourth-order valence-electron chi connectivity index (χ4n) is 3.64. The molecule has 0 unspecified atom stereocenters. The van der Waals surface area contributed by atoms with Crippen LogP contribution < -0.4 is 5.43 Å². The van der Waals surface area contributed by atoms with E-state index in [1.807, 2.05) is 19.9 Å². The van der Waals surface area contributed by atoms with Crippen molar-refractivity contribution in [3.8, 4) is 0 Å². The molecular weight excluding hydrogens is 276 g/mol. The fraction of sp³-hybridized carbons (Fsp3) is 0.500. The van der Waals surface area contributed by atoms with E-state index in [1.165, 1.54) is 6.42 Å². The number of aliphatic hydroxyl groups is 1. The number of likely N-dealkylation sites (tertiary alicyclic amines) is 1. The minimum Gasteiger partial charge on any atom is -0.396 e. The van der Waals surface area contributed by atoms with Crippen molar-refractivity contribution >= 4 is 10.9 Å². The van der Waals surface area contributed by atoms with Crippen LogP contribution in [0, 0.1) is 13.8 Å². The third-order valence-electron chi connectivity index (χ3n) is 4.67. The Morgan fingerprint density at radius 2 is 2.14 bits per heavy atom. The number of nitrogens with zero attached hydrogens (tertiary/aromatic N) is 1. The molecule has 118 valence electrons. The Hall–Kier alpha value is -1.65. The predicted molar refractivity (Wildman–Crippen MR) is 89.2 cm³/mol. The number of H-pyrrole nitrogens is 1.